The lowest BCUT2D eigenvalue weighted by atomic mass is 9.69. The van der Waals surface area contributed by atoms with Crippen LogP contribution in [0.15, 0.2) is 66.7 Å². The summed E-state index contributed by atoms with van der Waals surface area (Å²) in [6.07, 6.45) is 1.91. The van der Waals surface area contributed by atoms with E-state index in [1.165, 1.54) is 0 Å². The Balaban J connectivity index is 1.46. The molecule has 176 valence electrons. The number of nitrogens with one attached hydrogen (secondary N) is 1. The predicted molar refractivity (Wildman–Crippen MR) is 131 cm³/mol. The minimum Gasteiger partial charge on any atom is -0.454 e. The number of rotatable bonds is 3. The molecule has 2 unspecified atom stereocenters. The second-order valence-corrected chi connectivity index (χ2v) is 10.1. The molecular weight excluding hydrogens is 464 g/mol. The number of ether oxygens (including phenoxy) is 2. The molecule has 4 aliphatic heterocycles. The third-order valence-electron chi connectivity index (χ3n) is 8.10. The number of para-hydroxylation sites is 1. The maximum atomic E-state index is 14.5. The summed E-state index contributed by atoms with van der Waals surface area (Å²) in [5, 5.41) is 3.75. The van der Waals surface area contributed by atoms with Gasteiger partial charge in [0.25, 0.3) is 0 Å². The largest absolute Gasteiger partial charge is 0.454 e. The van der Waals surface area contributed by atoms with E-state index in [4.69, 9.17) is 21.1 Å². The Hall–Kier alpha value is -3.35. The lowest BCUT2D eigenvalue weighted by molar-refractivity contribution is -0.127. The highest BCUT2D eigenvalue weighted by molar-refractivity contribution is 6.30. The van der Waals surface area contributed by atoms with Crippen LogP contribution in [0.5, 0.6) is 11.5 Å². The number of hydrogen-bond acceptors (Lipinski definition) is 5. The topological polar surface area (TPSA) is 67.9 Å². The van der Waals surface area contributed by atoms with Crippen molar-refractivity contribution < 1.29 is 19.1 Å². The molecule has 7 heteroatoms. The van der Waals surface area contributed by atoms with E-state index in [-0.39, 0.29) is 30.4 Å². The summed E-state index contributed by atoms with van der Waals surface area (Å²) >= 11 is 6.22. The van der Waals surface area contributed by atoms with E-state index < -0.39 is 11.5 Å². The Labute approximate surface area is 207 Å². The molecule has 0 radical (unpaired) electrons. The minimum atomic E-state index is -1.07. The fraction of sp³-hybridized carbons (Fsp3) is 0.286. The first-order valence-electron chi connectivity index (χ1n) is 12.0. The van der Waals surface area contributed by atoms with Crippen molar-refractivity contribution in [3.8, 4) is 11.5 Å². The number of amides is 1. The van der Waals surface area contributed by atoms with E-state index in [9.17, 15) is 9.59 Å². The van der Waals surface area contributed by atoms with Gasteiger partial charge in [0.05, 0.1) is 5.92 Å². The van der Waals surface area contributed by atoms with Gasteiger partial charge in [-0.1, -0.05) is 41.9 Å². The van der Waals surface area contributed by atoms with Gasteiger partial charge in [-0.3, -0.25) is 14.5 Å². The number of Topliss-reactive ketones (excluding diaryl/α,β-unsaturated/α-hetero) is 1. The first-order valence-corrected chi connectivity index (χ1v) is 12.3. The molecule has 0 saturated carbocycles. The maximum absolute atomic E-state index is 14.5. The molecule has 2 saturated heterocycles. The molecular formula is C28H23ClN2O4. The third-order valence-corrected chi connectivity index (χ3v) is 8.35. The first kappa shape index (κ1) is 21.0. The molecule has 1 N–H and O–H groups in total. The number of nitrogens with zero attached hydrogens (tertiary/aromatic N) is 1. The molecule has 4 atom stereocenters. The Bertz CT molecular complexity index is 1370. The zero-order valence-corrected chi connectivity index (χ0v) is 19.6. The van der Waals surface area contributed by atoms with Crippen molar-refractivity contribution in [2.45, 2.75) is 30.3 Å². The molecule has 6 nitrogen and oxygen atoms in total. The van der Waals surface area contributed by atoms with Crippen LogP contribution in [-0.2, 0) is 10.3 Å². The SMILES string of the molecule is O=C(c1ccc2c(c1)OCO2)C1[C@@H](c2ccc(Cl)cc2)C2CCCN2[C@@]12C(=O)Nc1ccccc12. The van der Waals surface area contributed by atoms with Crippen molar-refractivity contribution >= 4 is 29.0 Å². The molecule has 1 spiro atoms. The standard InChI is InChI=1S/C28H23ClN2O4/c29-18-10-7-16(8-11-18)24-21-6-3-13-31(21)28(19-4-1-2-5-20(19)30-27(28)33)25(24)26(32)17-9-12-22-23(14-17)35-15-34-22/h1-2,4-5,7-12,14,21,24-25H,3,6,13,15H2,(H,30,33)/t21?,24-,25?,28+/m0/s1. The van der Waals surface area contributed by atoms with Gasteiger partial charge < -0.3 is 14.8 Å². The van der Waals surface area contributed by atoms with Gasteiger partial charge in [0, 0.05) is 33.8 Å². The van der Waals surface area contributed by atoms with Crippen LogP contribution in [-0.4, -0.2) is 36.0 Å². The lowest BCUT2D eigenvalue weighted by Crippen LogP contribution is -2.52. The average molecular weight is 487 g/mol. The van der Waals surface area contributed by atoms with Gasteiger partial charge in [0.1, 0.15) is 5.54 Å². The van der Waals surface area contributed by atoms with Crippen LogP contribution in [0.4, 0.5) is 5.69 Å². The number of carbonyl (C=O) groups excluding carboxylic acids is 2. The van der Waals surface area contributed by atoms with Crippen LogP contribution in [0.3, 0.4) is 0 Å². The van der Waals surface area contributed by atoms with E-state index in [1.807, 2.05) is 48.5 Å². The fourth-order valence-corrected chi connectivity index (χ4v) is 6.93. The monoisotopic (exact) mass is 486 g/mol. The van der Waals surface area contributed by atoms with Gasteiger partial charge in [0.15, 0.2) is 17.3 Å². The number of carbonyl (C=O) groups is 2. The van der Waals surface area contributed by atoms with E-state index in [0.29, 0.717) is 22.1 Å². The van der Waals surface area contributed by atoms with Crippen molar-refractivity contribution in [1.82, 2.24) is 4.90 Å². The van der Waals surface area contributed by atoms with Gasteiger partial charge in [-0.05, 0) is 61.3 Å². The summed E-state index contributed by atoms with van der Waals surface area (Å²) in [6, 6.07) is 20.9. The molecule has 4 heterocycles. The zero-order valence-electron chi connectivity index (χ0n) is 18.9. The van der Waals surface area contributed by atoms with Gasteiger partial charge >= 0.3 is 0 Å². The summed E-state index contributed by atoms with van der Waals surface area (Å²) in [7, 11) is 0. The molecule has 2 fully saturated rings. The Kier molecular flexibility index (Phi) is 4.54. The van der Waals surface area contributed by atoms with E-state index >= 15 is 0 Å². The molecule has 0 aliphatic carbocycles. The van der Waals surface area contributed by atoms with Crippen LogP contribution in [0.1, 0.15) is 40.2 Å². The predicted octanol–water partition coefficient (Wildman–Crippen LogP) is 4.98. The second-order valence-electron chi connectivity index (χ2n) is 9.66. The van der Waals surface area contributed by atoms with Gasteiger partial charge in [-0.25, -0.2) is 0 Å². The van der Waals surface area contributed by atoms with E-state index in [1.54, 1.807) is 18.2 Å². The van der Waals surface area contributed by atoms with Gasteiger partial charge in [0.2, 0.25) is 12.7 Å². The molecule has 3 aromatic carbocycles. The fourth-order valence-electron chi connectivity index (χ4n) is 6.80. The van der Waals surface area contributed by atoms with Crippen molar-refractivity contribution in [2.75, 3.05) is 18.7 Å². The highest BCUT2D eigenvalue weighted by Crippen LogP contribution is 2.61. The summed E-state index contributed by atoms with van der Waals surface area (Å²) < 4.78 is 11.0. The Morgan fingerprint density at radius 3 is 2.69 bits per heavy atom. The van der Waals surface area contributed by atoms with Crippen LogP contribution >= 0.6 is 11.6 Å². The third kappa shape index (κ3) is 2.81. The number of ketones is 1. The van der Waals surface area contributed by atoms with Crippen molar-refractivity contribution in [3.63, 3.8) is 0 Å². The van der Waals surface area contributed by atoms with Crippen LogP contribution in [0.25, 0.3) is 0 Å². The molecule has 0 aromatic heterocycles. The quantitative estimate of drug-likeness (QED) is 0.529. The van der Waals surface area contributed by atoms with Crippen molar-refractivity contribution in [1.29, 1.82) is 0 Å². The molecule has 0 bridgehead atoms. The number of anilines is 1. The Morgan fingerprint density at radius 1 is 1.03 bits per heavy atom. The second kappa shape index (κ2) is 7.57. The zero-order chi connectivity index (χ0) is 23.7. The smallest absolute Gasteiger partial charge is 0.250 e. The minimum absolute atomic E-state index is 0.0653. The summed E-state index contributed by atoms with van der Waals surface area (Å²) in [6.45, 7) is 0.904. The molecule has 1 amide bonds. The van der Waals surface area contributed by atoms with Crippen LogP contribution in [0, 0.1) is 5.92 Å². The van der Waals surface area contributed by atoms with Crippen molar-refractivity contribution in [2.24, 2.45) is 5.92 Å². The van der Waals surface area contributed by atoms with E-state index in [2.05, 4.69) is 10.2 Å². The van der Waals surface area contributed by atoms with Crippen LogP contribution in [0.2, 0.25) is 5.02 Å². The number of halogens is 1. The normalized spacial score (nSPS) is 28.3. The summed E-state index contributed by atoms with van der Waals surface area (Å²) in [5.41, 5.74) is 2.14. The number of fused-ring (bicyclic) bond motifs is 5. The number of benzene rings is 3. The molecule has 35 heavy (non-hydrogen) atoms. The van der Waals surface area contributed by atoms with Gasteiger partial charge in [-0.15, -0.1) is 0 Å². The van der Waals surface area contributed by atoms with Gasteiger partial charge in [-0.2, -0.15) is 0 Å². The maximum Gasteiger partial charge on any atom is 0.250 e. The summed E-state index contributed by atoms with van der Waals surface area (Å²) in [4.78, 5) is 30.8. The first-order chi connectivity index (χ1) is 17.1. The summed E-state index contributed by atoms with van der Waals surface area (Å²) in [5.74, 6) is 0.220. The highest BCUT2D eigenvalue weighted by Gasteiger charge is 2.69. The number of hydrogen-bond donors (Lipinski definition) is 1. The molecule has 4 aliphatic rings. The average Bonchev–Trinajstić information content (AvgIpc) is 3.63. The lowest BCUT2D eigenvalue weighted by Gasteiger charge is -2.36. The molecule has 7 rings (SSSR count). The molecule has 3 aromatic rings. The van der Waals surface area contributed by atoms with E-state index in [0.717, 1.165) is 36.2 Å². The Morgan fingerprint density at radius 2 is 1.83 bits per heavy atom. The van der Waals surface area contributed by atoms with Crippen LogP contribution < -0.4 is 14.8 Å². The highest BCUT2D eigenvalue weighted by atomic mass is 35.5. The van der Waals surface area contributed by atoms with Crippen molar-refractivity contribution in [3.05, 3.63) is 88.4 Å².